The van der Waals surface area contributed by atoms with Crippen molar-refractivity contribution in [3.63, 3.8) is 0 Å². The van der Waals surface area contributed by atoms with Crippen LogP contribution in [-0.4, -0.2) is 18.1 Å². The third-order valence-corrected chi connectivity index (χ3v) is 5.01. The minimum Gasteiger partial charge on any atom is -0.355 e. The fourth-order valence-electron chi connectivity index (χ4n) is 3.15. The van der Waals surface area contributed by atoms with Gasteiger partial charge in [-0.1, -0.05) is 20.8 Å². The zero-order valence-electron chi connectivity index (χ0n) is 14.7. The molecule has 2 aromatic heterocycles. The zero-order chi connectivity index (χ0) is 17.1. The van der Waals surface area contributed by atoms with Crippen molar-refractivity contribution >= 4 is 17.2 Å². The van der Waals surface area contributed by atoms with Crippen LogP contribution < -0.4 is 4.90 Å². The number of nitriles is 1. The van der Waals surface area contributed by atoms with Gasteiger partial charge in [-0.3, -0.25) is 0 Å². The van der Waals surface area contributed by atoms with Crippen molar-refractivity contribution in [1.82, 2.24) is 4.98 Å². The molecule has 1 aliphatic rings. The summed E-state index contributed by atoms with van der Waals surface area (Å²) in [5.41, 5.74) is 4.24. The Kier molecular flexibility index (Phi) is 5.20. The van der Waals surface area contributed by atoms with Gasteiger partial charge in [0.2, 0.25) is 0 Å². The van der Waals surface area contributed by atoms with Gasteiger partial charge in [-0.25, -0.2) is 4.98 Å². The molecule has 3 nitrogen and oxygen atoms in total. The minimum atomic E-state index is 0.547. The molecule has 1 aliphatic carbocycles. The number of aromatic nitrogens is 1. The van der Waals surface area contributed by atoms with E-state index in [0.717, 1.165) is 30.9 Å². The van der Waals surface area contributed by atoms with E-state index in [1.54, 1.807) is 11.3 Å². The van der Waals surface area contributed by atoms with E-state index in [1.807, 2.05) is 0 Å². The lowest BCUT2D eigenvalue weighted by Gasteiger charge is -2.27. The van der Waals surface area contributed by atoms with Gasteiger partial charge >= 0.3 is 0 Å². The van der Waals surface area contributed by atoms with Crippen molar-refractivity contribution in [3.05, 3.63) is 34.2 Å². The highest BCUT2D eigenvalue weighted by atomic mass is 32.1. The number of anilines is 1. The summed E-state index contributed by atoms with van der Waals surface area (Å²) >= 11 is 1.69. The SMILES string of the molecule is CCCN(CC(C)C)c1nc(C2CC2)c(-c2ccsc2)cc1C#N. The average Bonchev–Trinajstić information content (AvgIpc) is 3.27. The van der Waals surface area contributed by atoms with Gasteiger partial charge in [0.1, 0.15) is 11.9 Å². The summed E-state index contributed by atoms with van der Waals surface area (Å²) in [7, 11) is 0. The molecule has 0 amide bonds. The van der Waals surface area contributed by atoms with Gasteiger partial charge in [0.25, 0.3) is 0 Å². The van der Waals surface area contributed by atoms with Crippen LogP contribution in [0.25, 0.3) is 11.1 Å². The van der Waals surface area contributed by atoms with Gasteiger partial charge in [-0.15, -0.1) is 0 Å². The highest BCUT2D eigenvalue weighted by molar-refractivity contribution is 7.08. The van der Waals surface area contributed by atoms with Gasteiger partial charge < -0.3 is 4.90 Å². The van der Waals surface area contributed by atoms with Crippen LogP contribution in [0, 0.1) is 17.2 Å². The molecule has 1 saturated carbocycles. The second-order valence-corrected chi connectivity index (χ2v) is 7.81. The van der Waals surface area contributed by atoms with Gasteiger partial charge in [0, 0.05) is 24.6 Å². The molecule has 2 heterocycles. The first kappa shape index (κ1) is 17.0. The first-order valence-electron chi connectivity index (χ1n) is 8.86. The molecule has 3 rings (SSSR count). The third-order valence-electron chi connectivity index (χ3n) is 4.33. The topological polar surface area (TPSA) is 39.9 Å². The van der Waals surface area contributed by atoms with Gasteiger partial charge in [0.05, 0.1) is 11.3 Å². The Bertz CT molecular complexity index is 724. The fraction of sp³-hybridized carbons (Fsp3) is 0.500. The van der Waals surface area contributed by atoms with E-state index < -0.39 is 0 Å². The van der Waals surface area contributed by atoms with Crippen LogP contribution in [-0.2, 0) is 0 Å². The summed E-state index contributed by atoms with van der Waals surface area (Å²) in [5.74, 6) is 1.99. The molecule has 0 aliphatic heterocycles. The molecule has 0 radical (unpaired) electrons. The van der Waals surface area contributed by atoms with Crippen LogP contribution in [0.15, 0.2) is 22.9 Å². The Balaban J connectivity index is 2.09. The predicted molar refractivity (Wildman–Crippen MR) is 102 cm³/mol. The number of hydrogen-bond donors (Lipinski definition) is 0. The van der Waals surface area contributed by atoms with Crippen LogP contribution in [0.2, 0.25) is 0 Å². The lowest BCUT2D eigenvalue weighted by Crippen LogP contribution is -2.30. The Morgan fingerprint density at radius 1 is 1.42 bits per heavy atom. The van der Waals surface area contributed by atoms with E-state index in [1.165, 1.54) is 24.1 Å². The molecule has 0 aromatic carbocycles. The number of thiophene rings is 1. The van der Waals surface area contributed by atoms with Gasteiger partial charge in [-0.2, -0.15) is 16.6 Å². The zero-order valence-corrected chi connectivity index (χ0v) is 15.6. The van der Waals surface area contributed by atoms with Crippen molar-refractivity contribution in [2.45, 2.75) is 46.0 Å². The van der Waals surface area contributed by atoms with Crippen LogP contribution in [0.1, 0.15) is 57.2 Å². The first-order valence-corrected chi connectivity index (χ1v) is 9.80. The van der Waals surface area contributed by atoms with Crippen LogP contribution >= 0.6 is 11.3 Å². The van der Waals surface area contributed by atoms with E-state index in [4.69, 9.17) is 4.98 Å². The summed E-state index contributed by atoms with van der Waals surface area (Å²) in [6.07, 6.45) is 3.49. The fourth-order valence-corrected chi connectivity index (χ4v) is 3.81. The third kappa shape index (κ3) is 3.62. The van der Waals surface area contributed by atoms with Crippen LogP contribution in [0.5, 0.6) is 0 Å². The Morgan fingerprint density at radius 2 is 2.21 bits per heavy atom. The maximum atomic E-state index is 9.72. The molecule has 0 bridgehead atoms. The average molecular weight is 340 g/mol. The molecule has 0 N–H and O–H groups in total. The second-order valence-electron chi connectivity index (χ2n) is 7.03. The molecule has 24 heavy (non-hydrogen) atoms. The van der Waals surface area contributed by atoms with Crippen molar-refractivity contribution < 1.29 is 0 Å². The van der Waals surface area contributed by atoms with Crippen molar-refractivity contribution in [1.29, 1.82) is 5.26 Å². The summed E-state index contributed by atoms with van der Waals surface area (Å²) in [5, 5.41) is 14.0. The van der Waals surface area contributed by atoms with E-state index in [0.29, 0.717) is 17.4 Å². The number of rotatable bonds is 7. The van der Waals surface area contributed by atoms with E-state index in [-0.39, 0.29) is 0 Å². The molecule has 0 spiro atoms. The Hall–Kier alpha value is -1.86. The number of nitrogens with zero attached hydrogens (tertiary/aromatic N) is 3. The van der Waals surface area contributed by atoms with E-state index in [9.17, 15) is 5.26 Å². The first-order chi connectivity index (χ1) is 11.6. The molecular weight excluding hydrogens is 314 g/mol. The normalized spacial score (nSPS) is 14.0. The molecule has 0 unspecified atom stereocenters. The van der Waals surface area contributed by atoms with Crippen molar-refractivity contribution in [2.24, 2.45) is 5.92 Å². The highest BCUT2D eigenvalue weighted by Gasteiger charge is 2.30. The predicted octanol–water partition coefficient (Wildman–Crippen LogP) is 5.43. The summed E-state index contributed by atoms with van der Waals surface area (Å²) in [4.78, 5) is 7.34. The molecule has 1 fully saturated rings. The molecule has 4 heteroatoms. The van der Waals surface area contributed by atoms with Crippen molar-refractivity contribution in [2.75, 3.05) is 18.0 Å². The molecule has 0 saturated heterocycles. The standard InChI is InChI=1S/C20H25N3S/c1-4-8-23(12-14(2)3)20-17(11-21)10-18(16-7-9-24-13-16)19(22-20)15-5-6-15/h7,9-10,13-15H,4-6,8,12H2,1-3H3. The lowest BCUT2D eigenvalue weighted by molar-refractivity contribution is 0.600. The quantitative estimate of drug-likeness (QED) is 0.675. The minimum absolute atomic E-state index is 0.547. The lowest BCUT2D eigenvalue weighted by atomic mass is 10.0. The second kappa shape index (κ2) is 7.36. The van der Waals surface area contributed by atoms with Crippen LogP contribution in [0.3, 0.4) is 0 Å². The van der Waals surface area contributed by atoms with Crippen molar-refractivity contribution in [3.8, 4) is 17.2 Å². The summed E-state index contributed by atoms with van der Waals surface area (Å²) < 4.78 is 0. The summed E-state index contributed by atoms with van der Waals surface area (Å²) in [6, 6.07) is 6.60. The maximum Gasteiger partial charge on any atom is 0.146 e. The van der Waals surface area contributed by atoms with Crippen LogP contribution in [0.4, 0.5) is 5.82 Å². The van der Waals surface area contributed by atoms with Gasteiger partial charge in [-0.05, 0) is 53.6 Å². The van der Waals surface area contributed by atoms with E-state index >= 15 is 0 Å². The largest absolute Gasteiger partial charge is 0.355 e. The molecule has 2 aromatic rings. The molecular formula is C20H25N3S. The smallest absolute Gasteiger partial charge is 0.146 e. The molecule has 126 valence electrons. The maximum absolute atomic E-state index is 9.72. The van der Waals surface area contributed by atoms with Gasteiger partial charge in [0.15, 0.2) is 0 Å². The Labute approximate surface area is 149 Å². The highest BCUT2D eigenvalue weighted by Crippen LogP contribution is 2.45. The van der Waals surface area contributed by atoms with E-state index in [2.05, 4.69) is 54.6 Å². The molecule has 0 atom stereocenters. The monoisotopic (exact) mass is 339 g/mol. The number of pyridine rings is 1. The Morgan fingerprint density at radius 3 is 2.75 bits per heavy atom. The summed E-state index contributed by atoms with van der Waals surface area (Å²) in [6.45, 7) is 8.51. The number of hydrogen-bond acceptors (Lipinski definition) is 4.